The maximum absolute atomic E-state index is 7.40. The van der Waals surface area contributed by atoms with Gasteiger partial charge in [-0.3, -0.25) is 4.90 Å². The first-order valence-electron chi connectivity index (χ1n) is 10.1. The van der Waals surface area contributed by atoms with Gasteiger partial charge in [0, 0.05) is 12.0 Å². The van der Waals surface area contributed by atoms with Crippen LogP contribution in [0, 0.1) is 24.3 Å². The van der Waals surface area contributed by atoms with Gasteiger partial charge in [0.1, 0.15) is 0 Å². The fourth-order valence-electron chi connectivity index (χ4n) is 4.46. The minimum atomic E-state index is 0.165. The van der Waals surface area contributed by atoms with Crippen LogP contribution in [0.15, 0.2) is 48.5 Å². The van der Waals surface area contributed by atoms with E-state index in [0.717, 1.165) is 32.5 Å². The highest BCUT2D eigenvalue weighted by Crippen LogP contribution is 2.47. The summed E-state index contributed by atoms with van der Waals surface area (Å²) in [7, 11) is 0. The van der Waals surface area contributed by atoms with Crippen LogP contribution in [-0.2, 0) is 6.54 Å². The van der Waals surface area contributed by atoms with E-state index in [1.807, 2.05) is 0 Å². The molecule has 2 nitrogen and oxygen atoms in total. The minimum Gasteiger partial charge on any atom is -0.316 e. The largest absolute Gasteiger partial charge is 0.316 e. The molecule has 0 aromatic heterocycles. The van der Waals surface area contributed by atoms with Gasteiger partial charge in [-0.25, -0.2) is 6.57 Å². The van der Waals surface area contributed by atoms with Crippen LogP contribution in [0.5, 0.6) is 0 Å². The number of benzene rings is 2. The van der Waals surface area contributed by atoms with Gasteiger partial charge >= 0.3 is 0 Å². The first-order valence-corrected chi connectivity index (χ1v) is 10.1. The lowest BCUT2D eigenvalue weighted by Gasteiger charge is -2.46. The Hall–Kier alpha value is -2.11. The standard InChI is InChI=1S/C25H32N2/c1-20-17-21(11-12-23(20)22-9-7-6-8-10-22)18-27-15-13-25(14-16-27,19-26-5)24(2,3)4/h6-12,17H,13-16,18-19H2,1-4H3. The van der Waals surface area contributed by atoms with Crippen molar-refractivity contribution in [2.24, 2.45) is 10.8 Å². The molecule has 0 bridgehead atoms. The molecule has 0 spiro atoms. The van der Waals surface area contributed by atoms with Crippen LogP contribution in [0.4, 0.5) is 0 Å². The third-order valence-electron chi connectivity index (χ3n) is 6.57. The number of likely N-dealkylation sites (tertiary alicyclic amines) is 1. The summed E-state index contributed by atoms with van der Waals surface area (Å²) in [6.45, 7) is 20.4. The topological polar surface area (TPSA) is 7.60 Å². The number of rotatable bonds is 4. The molecule has 2 aromatic carbocycles. The summed E-state index contributed by atoms with van der Waals surface area (Å²) in [4.78, 5) is 6.35. The third kappa shape index (κ3) is 4.25. The normalized spacial score (nSPS) is 17.4. The first kappa shape index (κ1) is 19.6. The zero-order valence-electron chi connectivity index (χ0n) is 17.3. The van der Waals surface area contributed by atoms with Crippen molar-refractivity contribution in [1.82, 2.24) is 4.90 Å². The van der Waals surface area contributed by atoms with Crippen LogP contribution in [0.2, 0.25) is 0 Å². The Morgan fingerprint density at radius 3 is 2.26 bits per heavy atom. The predicted molar refractivity (Wildman–Crippen MR) is 114 cm³/mol. The number of aryl methyl sites for hydroxylation is 1. The van der Waals surface area contributed by atoms with E-state index >= 15 is 0 Å². The highest BCUT2D eigenvalue weighted by Gasteiger charge is 2.46. The molecule has 2 heteroatoms. The monoisotopic (exact) mass is 360 g/mol. The molecule has 2 aromatic rings. The van der Waals surface area contributed by atoms with Gasteiger partial charge in [-0.05, 0) is 60.5 Å². The van der Waals surface area contributed by atoms with Gasteiger partial charge in [-0.15, -0.1) is 0 Å². The van der Waals surface area contributed by atoms with Gasteiger partial charge in [0.2, 0.25) is 6.54 Å². The second kappa shape index (κ2) is 7.87. The average Bonchev–Trinajstić information content (AvgIpc) is 2.63. The van der Waals surface area contributed by atoms with Gasteiger partial charge < -0.3 is 4.85 Å². The molecule has 0 amide bonds. The second-order valence-electron chi connectivity index (χ2n) is 9.14. The Kier molecular flexibility index (Phi) is 5.72. The highest BCUT2D eigenvalue weighted by atomic mass is 15.1. The molecule has 0 saturated carbocycles. The summed E-state index contributed by atoms with van der Waals surface area (Å²) in [6.07, 6.45) is 2.25. The molecule has 1 aliphatic heterocycles. The molecule has 3 rings (SSSR count). The Labute approximate surface area is 165 Å². The van der Waals surface area contributed by atoms with Crippen molar-refractivity contribution >= 4 is 0 Å². The lowest BCUT2D eigenvalue weighted by atomic mass is 9.61. The van der Waals surface area contributed by atoms with Crippen LogP contribution in [-0.4, -0.2) is 24.5 Å². The Morgan fingerprint density at radius 1 is 1.04 bits per heavy atom. The number of hydrogen-bond acceptors (Lipinski definition) is 1. The summed E-state index contributed by atoms with van der Waals surface area (Å²) in [6, 6.07) is 17.5. The minimum absolute atomic E-state index is 0.165. The molecule has 0 radical (unpaired) electrons. The van der Waals surface area contributed by atoms with Gasteiger partial charge in [0.25, 0.3) is 0 Å². The van der Waals surface area contributed by atoms with Crippen molar-refractivity contribution in [3.8, 4) is 11.1 Å². The van der Waals surface area contributed by atoms with Crippen LogP contribution >= 0.6 is 0 Å². The zero-order valence-corrected chi connectivity index (χ0v) is 17.3. The van der Waals surface area contributed by atoms with Crippen LogP contribution in [0.3, 0.4) is 0 Å². The van der Waals surface area contributed by atoms with Crippen molar-refractivity contribution in [3.63, 3.8) is 0 Å². The van der Waals surface area contributed by atoms with E-state index in [1.165, 1.54) is 22.3 Å². The maximum Gasteiger partial charge on any atom is 0.220 e. The van der Waals surface area contributed by atoms with Crippen molar-refractivity contribution in [1.29, 1.82) is 0 Å². The van der Waals surface area contributed by atoms with Crippen LogP contribution < -0.4 is 0 Å². The zero-order chi connectivity index (χ0) is 19.5. The lowest BCUT2D eigenvalue weighted by molar-refractivity contribution is 0.0173. The Balaban J connectivity index is 1.67. The van der Waals surface area contributed by atoms with Crippen molar-refractivity contribution in [2.45, 2.75) is 47.1 Å². The molecule has 1 fully saturated rings. The van der Waals surface area contributed by atoms with E-state index < -0.39 is 0 Å². The summed E-state index contributed by atoms with van der Waals surface area (Å²) in [5.41, 5.74) is 5.69. The molecule has 0 aliphatic carbocycles. The third-order valence-corrected chi connectivity index (χ3v) is 6.57. The van der Waals surface area contributed by atoms with Gasteiger partial charge in [-0.2, -0.15) is 0 Å². The predicted octanol–water partition coefficient (Wildman–Crippen LogP) is 6.21. The summed E-state index contributed by atoms with van der Waals surface area (Å²) in [5, 5.41) is 0. The molecule has 0 atom stereocenters. The molecule has 0 unspecified atom stereocenters. The number of piperidine rings is 1. The maximum atomic E-state index is 7.40. The molecule has 27 heavy (non-hydrogen) atoms. The quantitative estimate of drug-likeness (QED) is 0.588. The van der Waals surface area contributed by atoms with Crippen molar-refractivity contribution in [2.75, 3.05) is 19.6 Å². The van der Waals surface area contributed by atoms with E-state index in [1.54, 1.807) is 0 Å². The van der Waals surface area contributed by atoms with Crippen LogP contribution in [0.25, 0.3) is 16.0 Å². The highest BCUT2D eigenvalue weighted by molar-refractivity contribution is 5.67. The van der Waals surface area contributed by atoms with Crippen molar-refractivity contribution in [3.05, 3.63) is 71.1 Å². The Morgan fingerprint density at radius 2 is 1.70 bits per heavy atom. The molecule has 1 saturated heterocycles. The molecule has 1 aliphatic rings. The molecule has 0 N–H and O–H groups in total. The average molecular weight is 361 g/mol. The first-order chi connectivity index (χ1) is 12.8. The molecular formula is C25H32N2. The smallest absolute Gasteiger partial charge is 0.220 e. The van der Waals surface area contributed by atoms with E-state index in [9.17, 15) is 0 Å². The van der Waals surface area contributed by atoms with Gasteiger partial charge in [-0.1, -0.05) is 69.3 Å². The molecule has 142 valence electrons. The Bertz CT molecular complexity index is 800. The van der Waals surface area contributed by atoms with Crippen LogP contribution in [0.1, 0.15) is 44.7 Å². The fraction of sp³-hybridized carbons (Fsp3) is 0.480. The molecular weight excluding hydrogens is 328 g/mol. The summed E-state index contributed by atoms with van der Waals surface area (Å²) in [5.74, 6) is 0. The summed E-state index contributed by atoms with van der Waals surface area (Å²) < 4.78 is 0. The SMILES string of the molecule is [C-]#[N+]CC1(C(C)(C)C)CCN(Cc2ccc(-c3ccccc3)c(C)c2)CC1. The number of nitrogens with zero attached hydrogens (tertiary/aromatic N) is 2. The number of hydrogen-bond donors (Lipinski definition) is 0. The van der Waals surface area contributed by atoms with E-state index in [2.05, 4.69) is 86.0 Å². The molecule has 1 heterocycles. The van der Waals surface area contributed by atoms with E-state index in [4.69, 9.17) is 6.57 Å². The van der Waals surface area contributed by atoms with Gasteiger partial charge in [0.05, 0.1) is 0 Å². The fourth-order valence-corrected chi connectivity index (χ4v) is 4.46. The second-order valence-corrected chi connectivity index (χ2v) is 9.14. The van der Waals surface area contributed by atoms with Crippen molar-refractivity contribution < 1.29 is 0 Å². The van der Waals surface area contributed by atoms with E-state index in [0.29, 0.717) is 6.54 Å². The summed E-state index contributed by atoms with van der Waals surface area (Å²) >= 11 is 0. The van der Waals surface area contributed by atoms with E-state index in [-0.39, 0.29) is 10.8 Å². The van der Waals surface area contributed by atoms with Gasteiger partial charge in [0.15, 0.2) is 0 Å². The lowest BCUT2D eigenvalue weighted by Crippen LogP contribution is -2.47.